The maximum Gasteiger partial charge on any atom is 0.315 e. The zero-order valence-electron chi connectivity index (χ0n) is 16.4. The molecule has 12 heteroatoms. The van der Waals surface area contributed by atoms with Crippen LogP contribution in [0.1, 0.15) is 18.9 Å². The van der Waals surface area contributed by atoms with Crippen molar-refractivity contribution in [2.75, 3.05) is 20.8 Å². The Bertz CT molecular complexity index is 1060. The highest BCUT2D eigenvalue weighted by atomic mass is 35.5. The van der Waals surface area contributed by atoms with Crippen LogP contribution < -0.4 is 19.0 Å². The molecule has 0 fully saturated rings. The Morgan fingerprint density at radius 2 is 1.90 bits per heavy atom. The molecule has 0 aliphatic carbocycles. The van der Waals surface area contributed by atoms with E-state index in [1.54, 1.807) is 0 Å². The lowest BCUT2D eigenvalue weighted by Crippen LogP contribution is -2.19. The molecule has 2 rings (SSSR count). The largest absolute Gasteiger partial charge is 0.495 e. The van der Waals surface area contributed by atoms with Crippen molar-refractivity contribution in [2.45, 2.75) is 18.2 Å². The summed E-state index contributed by atoms with van der Waals surface area (Å²) in [5.41, 5.74) is -0.105. The van der Waals surface area contributed by atoms with Crippen molar-refractivity contribution in [3.63, 3.8) is 0 Å². The van der Waals surface area contributed by atoms with Gasteiger partial charge in [-0.15, -0.1) is 0 Å². The van der Waals surface area contributed by atoms with Gasteiger partial charge in [-0.05, 0) is 30.7 Å². The molecule has 0 spiro atoms. The molecule has 0 aromatic heterocycles. The summed E-state index contributed by atoms with van der Waals surface area (Å²) in [4.78, 5) is 12.6. The fraction of sp³-hybridized carbons (Fsp3) is 0.278. The summed E-state index contributed by atoms with van der Waals surface area (Å²) in [7, 11) is -1.45. The SMILES string of the molecule is CCCOc1c(OC)cc(/C=N/NS(=O)(=O)c2cc(Cl)ccc2OC)cc1[N+](=O)[O-]. The molecule has 0 radical (unpaired) electrons. The Hall–Kier alpha value is -3.05. The highest BCUT2D eigenvalue weighted by Gasteiger charge is 2.22. The maximum atomic E-state index is 12.5. The first-order valence-corrected chi connectivity index (χ1v) is 10.5. The minimum Gasteiger partial charge on any atom is -0.495 e. The number of sulfonamides is 1. The van der Waals surface area contributed by atoms with Crippen LogP contribution in [0.5, 0.6) is 17.2 Å². The zero-order chi connectivity index (χ0) is 22.3. The molecule has 0 saturated carbocycles. The number of nitro groups is 1. The molecule has 30 heavy (non-hydrogen) atoms. The van der Waals surface area contributed by atoms with Crippen LogP contribution in [0.15, 0.2) is 40.3 Å². The lowest BCUT2D eigenvalue weighted by molar-refractivity contribution is -0.386. The topological polar surface area (TPSA) is 129 Å². The number of methoxy groups -OCH3 is 2. The molecule has 2 aromatic carbocycles. The van der Waals surface area contributed by atoms with Crippen molar-refractivity contribution in [3.8, 4) is 17.2 Å². The molecule has 2 aromatic rings. The van der Waals surface area contributed by atoms with Crippen molar-refractivity contribution < 1.29 is 27.6 Å². The van der Waals surface area contributed by atoms with E-state index in [1.165, 1.54) is 44.6 Å². The summed E-state index contributed by atoms with van der Waals surface area (Å²) in [6.45, 7) is 2.13. The number of hydrogen-bond acceptors (Lipinski definition) is 8. The highest BCUT2D eigenvalue weighted by molar-refractivity contribution is 7.89. The van der Waals surface area contributed by atoms with Crippen LogP contribution in [0.4, 0.5) is 5.69 Å². The summed E-state index contributed by atoms with van der Waals surface area (Å²) in [6, 6.07) is 6.74. The summed E-state index contributed by atoms with van der Waals surface area (Å²) < 4.78 is 40.7. The van der Waals surface area contributed by atoms with Gasteiger partial charge in [-0.2, -0.15) is 18.4 Å². The molecule has 1 N–H and O–H groups in total. The first-order valence-electron chi connectivity index (χ1n) is 8.61. The van der Waals surface area contributed by atoms with Crippen molar-refractivity contribution in [1.82, 2.24) is 4.83 Å². The van der Waals surface area contributed by atoms with E-state index in [9.17, 15) is 18.5 Å². The predicted molar refractivity (Wildman–Crippen MR) is 111 cm³/mol. The van der Waals surface area contributed by atoms with Crippen LogP contribution >= 0.6 is 11.6 Å². The van der Waals surface area contributed by atoms with Crippen molar-refractivity contribution in [3.05, 3.63) is 51.0 Å². The van der Waals surface area contributed by atoms with Crippen molar-refractivity contribution >= 4 is 33.5 Å². The van der Waals surface area contributed by atoms with Crippen LogP contribution in [-0.2, 0) is 10.0 Å². The number of ether oxygens (including phenoxy) is 3. The first-order chi connectivity index (χ1) is 14.2. The summed E-state index contributed by atoms with van der Waals surface area (Å²) >= 11 is 5.87. The van der Waals surface area contributed by atoms with Gasteiger partial charge in [0.05, 0.1) is 32.0 Å². The molecule has 0 heterocycles. The monoisotopic (exact) mass is 457 g/mol. The second kappa shape index (κ2) is 10.1. The number of nitro benzene ring substituents is 1. The van der Waals surface area contributed by atoms with Gasteiger partial charge < -0.3 is 14.2 Å². The minimum absolute atomic E-state index is 0.00857. The lowest BCUT2D eigenvalue weighted by Gasteiger charge is -2.11. The summed E-state index contributed by atoms with van der Waals surface area (Å²) in [5, 5.41) is 15.3. The molecule has 0 bridgehead atoms. The normalized spacial score (nSPS) is 11.3. The van der Waals surface area contributed by atoms with Crippen LogP contribution in [-0.4, -0.2) is 40.4 Å². The Morgan fingerprint density at radius 1 is 1.20 bits per heavy atom. The van der Waals surface area contributed by atoms with E-state index in [-0.39, 0.29) is 45.0 Å². The number of halogens is 1. The smallest absolute Gasteiger partial charge is 0.315 e. The standard InChI is InChI=1S/C18H20ClN3O7S/c1-4-7-29-18-14(22(23)24)8-12(9-16(18)28-3)11-20-21-30(25,26)17-10-13(19)5-6-15(17)27-2/h5-6,8-11,21H,4,7H2,1-3H3/b20-11+. The van der Waals surface area contributed by atoms with E-state index in [0.717, 1.165) is 6.21 Å². The molecule has 0 aliphatic rings. The third-order valence-corrected chi connectivity index (χ3v) is 5.21. The van der Waals surface area contributed by atoms with Gasteiger partial charge in [-0.25, -0.2) is 0 Å². The average molecular weight is 458 g/mol. The second-order valence-corrected chi connectivity index (χ2v) is 7.89. The van der Waals surface area contributed by atoms with E-state index in [4.69, 9.17) is 25.8 Å². The quantitative estimate of drug-likeness (QED) is 0.329. The third-order valence-electron chi connectivity index (χ3n) is 3.73. The van der Waals surface area contributed by atoms with Gasteiger partial charge >= 0.3 is 5.69 Å². The number of hydrogen-bond donors (Lipinski definition) is 1. The van der Waals surface area contributed by atoms with E-state index >= 15 is 0 Å². The fourth-order valence-corrected chi connectivity index (χ4v) is 3.62. The Morgan fingerprint density at radius 3 is 2.50 bits per heavy atom. The van der Waals surface area contributed by atoms with E-state index in [1.807, 2.05) is 11.8 Å². The first kappa shape index (κ1) is 23.2. The van der Waals surface area contributed by atoms with Gasteiger partial charge in [0.25, 0.3) is 10.0 Å². The van der Waals surface area contributed by atoms with E-state index < -0.39 is 14.9 Å². The van der Waals surface area contributed by atoms with Crippen LogP contribution in [0.2, 0.25) is 5.02 Å². The molecule has 0 aliphatic heterocycles. The lowest BCUT2D eigenvalue weighted by atomic mass is 10.2. The van der Waals surface area contributed by atoms with Crippen LogP contribution in [0.3, 0.4) is 0 Å². The van der Waals surface area contributed by atoms with Crippen molar-refractivity contribution in [1.29, 1.82) is 0 Å². The molecule has 10 nitrogen and oxygen atoms in total. The highest BCUT2D eigenvalue weighted by Crippen LogP contribution is 2.38. The van der Waals surface area contributed by atoms with Gasteiger partial charge in [0.2, 0.25) is 5.75 Å². The molecule has 0 saturated heterocycles. The Kier molecular flexibility index (Phi) is 7.84. The number of benzene rings is 2. The fourth-order valence-electron chi connectivity index (χ4n) is 2.40. The van der Waals surface area contributed by atoms with E-state index in [2.05, 4.69) is 5.10 Å². The van der Waals surface area contributed by atoms with E-state index in [0.29, 0.717) is 6.42 Å². The van der Waals surface area contributed by atoms with Gasteiger partial charge in [0, 0.05) is 16.7 Å². The summed E-state index contributed by atoms with van der Waals surface area (Å²) in [6.07, 6.45) is 1.76. The van der Waals surface area contributed by atoms with Crippen molar-refractivity contribution in [2.24, 2.45) is 5.10 Å². The number of rotatable bonds is 10. The third kappa shape index (κ3) is 5.51. The molecular weight excluding hydrogens is 438 g/mol. The zero-order valence-corrected chi connectivity index (χ0v) is 18.0. The molecule has 0 amide bonds. The second-order valence-electron chi connectivity index (χ2n) is 5.83. The van der Waals surface area contributed by atoms with Crippen LogP contribution in [0, 0.1) is 10.1 Å². The van der Waals surface area contributed by atoms with Crippen LogP contribution in [0.25, 0.3) is 0 Å². The minimum atomic E-state index is -4.11. The molecular formula is C18H20ClN3O7S. The van der Waals surface area contributed by atoms with Gasteiger partial charge in [0.15, 0.2) is 5.75 Å². The molecule has 162 valence electrons. The summed E-state index contributed by atoms with van der Waals surface area (Å²) in [5.74, 6) is 0.195. The number of nitrogens with zero attached hydrogens (tertiary/aromatic N) is 2. The number of nitrogens with one attached hydrogen (secondary N) is 1. The Balaban J connectivity index is 2.35. The predicted octanol–water partition coefficient (Wildman–Crippen LogP) is 3.37. The average Bonchev–Trinajstić information content (AvgIpc) is 2.71. The molecule has 0 atom stereocenters. The molecule has 0 unspecified atom stereocenters. The van der Waals surface area contributed by atoms with Gasteiger partial charge in [-0.1, -0.05) is 18.5 Å². The Labute approximate surface area is 178 Å². The van der Waals surface area contributed by atoms with Gasteiger partial charge in [0.1, 0.15) is 10.6 Å². The maximum absolute atomic E-state index is 12.5. The van der Waals surface area contributed by atoms with Gasteiger partial charge in [-0.3, -0.25) is 10.1 Å². The number of hydrazone groups is 1.